The SMILES string of the molecule is COc1ccc(/C=C/C(=O)N[C@@H](C)C(=O)OCC(=O)N(CC(C)C)C2CCS(=O)(=O)C2)cc1. The molecule has 1 heterocycles. The standard InChI is InChI=1S/C23H32N2O7S/c1-16(2)13-25(19-11-12-33(29,30)15-19)22(27)14-32-23(28)17(3)24-21(26)10-7-18-5-8-20(31-4)9-6-18/h5-10,16-17,19H,11-15H2,1-4H3,(H,24,26)/b10-7+/t17-,19?/m0/s1. The molecule has 182 valence electrons. The molecular weight excluding hydrogens is 448 g/mol. The van der Waals surface area contributed by atoms with Gasteiger partial charge in [0.2, 0.25) is 5.91 Å². The minimum Gasteiger partial charge on any atom is -0.497 e. The smallest absolute Gasteiger partial charge is 0.328 e. The van der Waals surface area contributed by atoms with Crippen molar-refractivity contribution in [1.82, 2.24) is 10.2 Å². The van der Waals surface area contributed by atoms with Gasteiger partial charge in [-0.15, -0.1) is 0 Å². The van der Waals surface area contributed by atoms with Crippen molar-refractivity contribution >= 4 is 33.7 Å². The van der Waals surface area contributed by atoms with Gasteiger partial charge in [-0.2, -0.15) is 0 Å². The Morgan fingerprint density at radius 3 is 2.39 bits per heavy atom. The number of amides is 2. The number of hydrogen-bond acceptors (Lipinski definition) is 7. The molecule has 2 atom stereocenters. The monoisotopic (exact) mass is 480 g/mol. The zero-order valence-electron chi connectivity index (χ0n) is 19.4. The fourth-order valence-corrected chi connectivity index (χ4v) is 5.15. The van der Waals surface area contributed by atoms with Crippen LogP contribution in [0.2, 0.25) is 0 Å². The zero-order chi connectivity index (χ0) is 24.6. The van der Waals surface area contributed by atoms with Gasteiger partial charge >= 0.3 is 5.97 Å². The second kappa shape index (κ2) is 11.8. The number of carbonyl (C=O) groups is 3. The zero-order valence-corrected chi connectivity index (χ0v) is 20.3. The second-order valence-electron chi connectivity index (χ2n) is 8.44. The van der Waals surface area contributed by atoms with Gasteiger partial charge in [-0.25, -0.2) is 13.2 Å². The Bertz CT molecular complexity index is 971. The number of methoxy groups -OCH3 is 1. The lowest BCUT2D eigenvalue weighted by Crippen LogP contribution is -2.46. The summed E-state index contributed by atoms with van der Waals surface area (Å²) in [6.07, 6.45) is 3.26. The largest absolute Gasteiger partial charge is 0.497 e. The first-order valence-corrected chi connectivity index (χ1v) is 12.6. The Labute approximate surface area is 195 Å². The van der Waals surface area contributed by atoms with Crippen LogP contribution in [0.1, 0.15) is 32.8 Å². The fraction of sp³-hybridized carbons (Fsp3) is 0.522. The molecule has 33 heavy (non-hydrogen) atoms. The maximum Gasteiger partial charge on any atom is 0.328 e. The molecule has 0 saturated carbocycles. The summed E-state index contributed by atoms with van der Waals surface area (Å²) in [5.41, 5.74) is 0.783. The molecule has 0 bridgehead atoms. The molecule has 1 saturated heterocycles. The van der Waals surface area contributed by atoms with E-state index < -0.39 is 46.3 Å². The third-order valence-corrected chi connectivity index (χ3v) is 6.87. The summed E-state index contributed by atoms with van der Waals surface area (Å²) in [4.78, 5) is 38.5. The van der Waals surface area contributed by atoms with Crippen molar-refractivity contribution in [3.8, 4) is 5.75 Å². The van der Waals surface area contributed by atoms with E-state index in [9.17, 15) is 22.8 Å². The molecule has 1 N–H and O–H groups in total. The highest BCUT2D eigenvalue weighted by molar-refractivity contribution is 7.91. The fourth-order valence-electron chi connectivity index (χ4n) is 3.42. The predicted octanol–water partition coefficient (Wildman–Crippen LogP) is 1.43. The Hall–Kier alpha value is -2.88. The highest BCUT2D eigenvalue weighted by atomic mass is 32.2. The first-order chi connectivity index (χ1) is 15.5. The summed E-state index contributed by atoms with van der Waals surface area (Å²) in [5, 5.41) is 2.49. The van der Waals surface area contributed by atoms with E-state index in [0.717, 1.165) is 5.56 Å². The van der Waals surface area contributed by atoms with Crippen molar-refractivity contribution in [3.05, 3.63) is 35.9 Å². The third-order valence-electron chi connectivity index (χ3n) is 5.12. The third kappa shape index (κ3) is 8.53. The van der Waals surface area contributed by atoms with Crippen molar-refractivity contribution in [1.29, 1.82) is 0 Å². The number of benzene rings is 1. The summed E-state index contributed by atoms with van der Waals surface area (Å²) in [6, 6.07) is 5.71. The average Bonchev–Trinajstić information content (AvgIpc) is 3.13. The number of esters is 1. The average molecular weight is 481 g/mol. The van der Waals surface area contributed by atoms with Gasteiger partial charge in [0.05, 0.1) is 18.6 Å². The number of sulfone groups is 1. The van der Waals surface area contributed by atoms with Crippen LogP contribution in [-0.2, 0) is 29.0 Å². The number of nitrogens with zero attached hydrogens (tertiary/aromatic N) is 1. The quantitative estimate of drug-likeness (QED) is 0.397. The lowest BCUT2D eigenvalue weighted by molar-refractivity contribution is -0.154. The van der Waals surface area contributed by atoms with Gasteiger partial charge in [0, 0.05) is 18.7 Å². The molecular formula is C23H32N2O7S. The van der Waals surface area contributed by atoms with E-state index in [-0.39, 0.29) is 17.4 Å². The molecule has 10 heteroatoms. The molecule has 1 fully saturated rings. The minimum absolute atomic E-state index is 0.0481. The Morgan fingerprint density at radius 2 is 1.85 bits per heavy atom. The van der Waals surface area contributed by atoms with E-state index in [1.807, 2.05) is 13.8 Å². The molecule has 1 unspecified atom stereocenters. The van der Waals surface area contributed by atoms with E-state index in [0.29, 0.717) is 18.7 Å². The Kier molecular flexibility index (Phi) is 9.45. The van der Waals surface area contributed by atoms with Crippen molar-refractivity contribution in [2.24, 2.45) is 5.92 Å². The van der Waals surface area contributed by atoms with Crippen LogP contribution in [0.15, 0.2) is 30.3 Å². The number of carbonyl (C=O) groups excluding carboxylic acids is 3. The van der Waals surface area contributed by atoms with Crippen molar-refractivity contribution < 1.29 is 32.3 Å². The van der Waals surface area contributed by atoms with Crippen molar-refractivity contribution in [3.63, 3.8) is 0 Å². The Balaban J connectivity index is 1.86. The maximum atomic E-state index is 12.7. The number of ether oxygens (including phenoxy) is 2. The molecule has 0 aromatic heterocycles. The van der Waals surface area contributed by atoms with Gasteiger partial charge in [-0.3, -0.25) is 9.59 Å². The summed E-state index contributed by atoms with van der Waals surface area (Å²) >= 11 is 0. The first-order valence-electron chi connectivity index (χ1n) is 10.8. The second-order valence-corrected chi connectivity index (χ2v) is 10.7. The van der Waals surface area contributed by atoms with Gasteiger partial charge in [0.25, 0.3) is 5.91 Å². The highest BCUT2D eigenvalue weighted by Crippen LogP contribution is 2.19. The van der Waals surface area contributed by atoms with E-state index in [1.165, 1.54) is 17.9 Å². The summed E-state index contributed by atoms with van der Waals surface area (Å²) in [6.45, 7) is 5.17. The normalized spacial score (nSPS) is 18.2. The lowest BCUT2D eigenvalue weighted by atomic mass is 10.1. The van der Waals surface area contributed by atoms with Gasteiger partial charge in [-0.1, -0.05) is 26.0 Å². The number of rotatable bonds is 10. The molecule has 2 amide bonds. The van der Waals surface area contributed by atoms with Crippen LogP contribution in [0.4, 0.5) is 0 Å². The van der Waals surface area contributed by atoms with E-state index in [2.05, 4.69) is 5.32 Å². The molecule has 1 aliphatic heterocycles. The molecule has 2 rings (SSSR count). The van der Waals surface area contributed by atoms with E-state index in [4.69, 9.17) is 9.47 Å². The summed E-state index contributed by atoms with van der Waals surface area (Å²) in [7, 11) is -1.60. The van der Waals surface area contributed by atoms with Gasteiger partial charge < -0.3 is 19.7 Å². The van der Waals surface area contributed by atoms with Crippen LogP contribution in [0, 0.1) is 5.92 Å². The van der Waals surface area contributed by atoms with E-state index in [1.54, 1.807) is 37.5 Å². The van der Waals surface area contributed by atoms with Gasteiger partial charge in [0.15, 0.2) is 16.4 Å². The lowest BCUT2D eigenvalue weighted by Gasteiger charge is -2.29. The number of nitrogens with one attached hydrogen (secondary N) is 1. The first kappa shape index (κ1) is 26.4. The van der Waals surface area contributed by atoms with Crippen LogP contribution in [-0.4, -0.2) is 75.0 Å². The Morgan fingerprint density at radius 1 is 1.18 bits per heavy atom. The molecule has 0 radical (unpaired) electrons. The molecule has 0 aliphatic carbocycles. The van der Waals surface area contributed by atoms with Crippen molar-refractivity contribution in [2.75, 3.05) is 31.8 Å². The summed E-state index contributed by atoms with van der Waals surface area (Å²) in [5.74, 6) is -0.888. The van der Waals surface area contributed by atoms with Crippen LogP contribution >= 0.6 is 0 Å². The number of hydrogen-bond donors (Lipinski definition) is 1. The van der Waals surface area contributed by atoms with Crippen molar-refractivity contribution in [2.45, 2.75) is 39.3 Å². The highest BCUT2D eigenvalue weighted by Gasteiger charge is 2.35. The van der Waals surface area contributed by atoms with Crippen LogP contribution in [0.3, 0.4) is 0 Å². The molecule has 9 nitrogen and oxygen atoms in total. The van der Waals surface area contributed by atoms with Crippen LogP contribution in [0.25, 0.3) is 6.08 Å². The van der Waals surface area contributed by atoms with E-state index >= 15 is 0 Å². The molecule has 1 aromatic rings. The minimum atomic E-state index is -3.16. The molecule has 1 aromatic carbocycles. The topological polar surface area (TPSA) is 119 Å². The molecule has 1 aliphatic rings. The summed E-state index contributed by atoms with van der Waals surface area (Å²) < 4.78 is 33.8. The van der Waals surface area contributed by atoms with Gasteiger partial charge in [0.1, 0.15) is 11.8 Å². The predicted molar refractivity (Wildman–Crippen MR) is 124 cm³/mol. The van der Waals surface area contributed by atoms with Crippen LogP contribution in [0.5, 0.6) is 5.75 Å². The molecule has 0 spiro atoms. The van der Waals surface area contributed by atoms with Crippen LogP contribution < -0.4 is 10.1 Å². The van der Waals surface area contributed by atoms with Gasteiger partial charge in [-0.05, 0) is 43.0 Å². The maximum absolute atomic E-state index is 12.7.